The molecule has 0 heterocycles. The number of hydrogen-bond donors (Lipinski definition) is 2. The summed E-state index contributed by atoms with van der Waals surface area (Å²) in [7, 11) is 0. The first-order chi connectivity index (χ1) is 4.66. The van der Waals surface area contributed by atoms with E-state index in [0.29, 0.717) is 11.2 Å². The average molecular weight is 147 g/mol. The van der Waals surface area contributed by atoms with Crippen LogP contribution in [0, 0.1) is 5.21 Å². The van der Waals surface area contributed by atoms with E-state index < -0.39 is 6.10 Å². The number of nitrogens with zero attached hydrogens (tertiary/aromatic N) is 1. The second-order valence-electron chi connectivity index (χ2n) is 2.11. The topological polar surface area (TPSA) is 66.5 Å². The van der Waals surface area contributed by atoms with Crippen molar-refractivity contribution in [1.82, 2.24) is 0 Å². The molecule has 4 heteroatoms. The quantitative estimate of drug-likeness (QED) is 0.240. The summed E-state index contributed by atoms with van der Waals surface area (Å²) in [4.78, 5) is 0. The maximum atomic E-state index is 10.6. The Morgan fingerprint density at radius 1 is 1.70 bits per heavy atom. The molecule has 1 unspecified atom stereocenters. The first kappa shape index (κ1) is 9.39. The van der Waals surface area contributed by atoms with Crippen LogP contribution in [0.2, 0.25) is 0 Å². The summed E-state index contributed by atoms with van der Waals surface area (Å²) >= 11 is 0. The van der Waals surface area contributed by atoms with Gasteiger partial charge in [-0.3, -0.25) is 0 Å². The van der Waals surface area contributed by atoms with Crippen LogP contribution in [0.3, 0.4) is 0 Å². The molecule has 0 bridgehead atoms. The molecule has 0 radical (unpaired) electrons. The Labute approximate surface area is 60.0 Å². The molecule has 0 saturated heterocycles. The lowest BCUT2D eigenvalue weighted by atomic mass is 10.4. The van der Waals surface area contributed by atoms with Gasteiger partial charge in [0.05, 0.1) is 0 Å². The van der Waals surface area contributed by atoms with Gasteiger partial charge in [0.1, 0.15) is 6.10 Å². The third-order valence-corrected chi connectivity index (χ3v) is 0.919. The summed E-state index contributed by atoms with van der Waals surface area (Å²) < 4.78 is 0.626. The first-order valence-corrected chi connectivity index (χ1v) is 3.24. The van der Waals surface area contributed by atoms with Gasteiger partial charge in [0, 0.05) is 13.0 Å². The Morgan fingerprint density at radius 3 is 2.70 bits per heavy atom. The van der Waals surface area contributed by atoms with Gasteiger partial charge in [0.15, 0.2) is 12.8 Å². The summed E-state index contributed by atoms with van der Waals surface area (Å²) in [5.74, 6) is 0. The Bertz CT molecular complexity index is 112. The third kappa shape index (κ3) is 5.53. The summed E-state index contributed by atoms with van der Waals surface area (Å²) in [6, 6.07) is 0. The number of rotatable bonds is 4. The van der Waals surface area contributed by atoms with Crippen molar-refractivity contribution in [3.8, 4) is 0 Å². The van der Waals surface area contributed by atoms with Gasteiger partial charge in [-0.15, -0.1) is 0 Å². The van der Waals surface area contributed by atoms with E-state index in [0.717, 1.165) is 6.21 Å². The molecule has 4 nitrogen and oxygen atoms in total. The minimum absolute atomic E-state index is 0.00634. The zero-order valence-corrected chi connectivity index (χ0v) is 6.03. The van der Waals surface area contributed by atoms with E-state index in [4.69, 9.17) is 10.2 Å². The molecule has 10 heavy (non-hydrogen) atoms. The molecule has 0 fully saturated rings. The van der Waals surface area contributed by atoms with Gasteiger partial charge in [0.25, 0.3) is 0 Å². The van der Waals surface area contributed by atoms with Crippen LogP contribution in [-0.2, 0) is 0 Å². The molecule has 60 valence electrons. The van der Waals surface area contributed by atoms with E-state index in [1.54, 1.807) is 0 Å². The normalized spacial score (nSPS) is 15.3. The molecular formula is C6H13NO3. The molecule has 0 aliphatic heterocycles. The number of hydrogen-bond acceptors (Lipinski definition) is 3. The molecule has 0 aromatic carbocycles. The lowest BCUT2D eigenvalue weighted by Crippen LogP contribution is -2.15. The van der Waals surface area contributed by atoms with Gasteiger partial charge in [0.2, 0.25) is 0 Å². The van der Waals surface area contributed by atoms with Crippen LogP contribution in [0.1, 0.15) is 13.3 Å². The van der Waals surface area contributed by atoms with Crippen molar-refractivity contribution < 1.29 is 15.0 Å². The van der Waals surface area contributed by atoms with Crippen molar-refractivity contribution in [2.75, 3.05) is 13.2 Å². The van der Waals surface area contributed by atoms with Crippen molar-refractivity contribution in [1.29, 1.82) is 0 Å². The molecule has 0 amide bonds. The third-order valence-electron chi connectivity index (χ3n) is 0.919. The van der Waals surface area contributed by atoms with Gasteiger partial charge in [-0.25, -0.2) is 4.74 Å². The largest absolute Gasteiger partial charge is 0.624 e. The average Bonchev–Trinajstić information content (AvgIpc) is 1.82. The van der Waals surface area contributed by atoms with E-state index in [1.165, 1.54) is 6.92 Å². The lowest BCUT2D eigenvalue weighted by molar-refractivity contribution is -0.456. The molecule has 0 saturated carbocycles. The minimum Gasteiger partial charge on any atom is -0.624 e. The predicted octanol–water partition coefficient (Wildman–Crippen LogP) is -0.669. The summed E-state index contributed by atoms with van der Waals surface area (Å²) in [5, 5.41) is 27.6. The van der Waals surface area contributed by atoms with Crippen LogP contribution < -0.4 is 0 Å². The fourth-order valence-electron chi connectivity index (χ4n) is 0.542. The van der Waals surface area contributed by atoms with Gasteiger partial charge in [-0.2, -0.15) is 0 Å². The van der Waals surface area contributed by atoms with Gasteiger partial charge in [-0.1, -0.05) is 0 Å². The number of aliphatic hydroxyl groups excluding tert-OH is 2. The molecule has 0 spiro atoms. The van der Waals surface area contributed by atoms with E-state index in [9.17, 15) is 5.21 Å². The first-order valence-electron chi connectivity index (χ1n) is 3.24. The Morgan fingerprint density at radius 2 is 2.30 bits per heavy atom. The highest BCUT2D eigenvalue weighted by Gasteiger charge is 1.96. The minimum atomic E-state index is -0.712. The van der Waals surface area contributed by atoms with Crippen molar-refractivity contribution in [3.63, 3.8) is 0 Å². The van der Waals surface area contributed by atoms with Crippen LogP contribution >= 0.6 is 0 Å². The van der Waals surface area contributed by atoms with Crippen molar-refractivity contribution >= 4 is 6.21 Å². The van der Waals surface area contributed by atoms with E-state index >= 15 is 0 Å². The smallest absolute Gasteiger partial charge is 0.179 e. The van der Waals surface area contributed by atoms with Crippen molar-refractivity contribution in [3.05, 3.63) is 5.21 Å². The van der Waals surface area contributed by atoms with E-state index in [2.05, 4.69) is 0 Å². The van der Waals surface area contributed by atoms with Crippen LogP contribution in [0.15, 0.2) is 0 Å². The standard InChI is InChI=1S/C6H13NO3/c1-6(9)5-7(10)3-2-4-8/h5-6,8-9H,2-4H2,1H3/b7-5-. The maximum absolute atomic E-state index is 10.6. The van der Waals surface area contributed by atoms with Crippen molar-refractivity contribution in [2.24, 2.45) is 0 Å². The molecular weight excluding hydrogens is 134 g/mol. The number of aliphatic hydroxyl groups is 2. The molecule has 1 atom stereocenters. The predicted molar refractivity (Wildman–Crippen MR) is 37.9 cm³/mol. The molecule has 0 aromatic heterocycles. The Balaban J connectivity index is 3.49. The molecule has 0 rings (SSSR count). The van der Waals surface area contributed by atoms with Crippen LogP contribution in [0.5, 0.6) is 0 Å². The highest BCUT2D eigenvalue weighted by atomic mass is 16.5. The summed E-state index contributed by atoms with van der Waals surface area (Å²) in [5.41, 5.74) is 0. The SMILES string of the molecule is CC(O)/C=[N+](\[O-])CCCO. The summed E-state index contributed by atoms with van der Waals surface area (Å²) in [6.07, 6.45) is 0.888. The van der Waals surface area contributed by atoms with Crippen LogP contribution in [0.25, 0.3) is 0 Å². The lowest BCUT2D eigenvalue weighted by Gasteiger charge is -2.02. The molecule has 0 aromatic rings. The van der Waals surface area contributed by atoms with Crippen LogP contribution in [-0.4, -0.2) is 40.4 Å². The van der Waals surface area contributed by atoms with Crippen LogP contribution in [0.4, 0.5) is 0 Å². The second-order valence-corrected chi connectivity index (χ2v) is 2.11. The number of hydroxylamine groups is 1. The van der Waals surface area contributed by atoms with Crippen molar-refractivity contribution in [2.45, 2.75) is 19.4 Å². The highest BCUT2D eigenvalue weighted by molar-refractivity contribution is 5.56. The van der Waals surface area contributed by atoms with Gasteiger partial charge < -0.3 is 15.4 Å². The molecule has 2 N–H and O–H groups in total. The second kappa shape index (κ2) is 5.20. The molecule has 0 aliphatic rings. The van der Waals surface area contributed by atoms with E-state index in [1.807, 2.05) is 0 Å². The van der Waals surface area contributed by atoms with E-state index in [-0.39, 0.29) is 13.2 Å². The highest BCUT2D eigenvalue weighted by Crippen LogP contribution is 1.79. The fourth-order valence-corrected chi connectivity index (χ4v) is 0.542. The zero-order chi connectivity index (χ0) is 7.98. The molecule has 0 aliphatic carbocycles. The monoisotopic (exact) mass is 147 g/mol. The Kier molecular flexibility index (Phi) is 4.88. The van der Waals surface area contributed by atoms with Gasteiger partial charge in [-0.05, 0) is 6.92 Å². The maximum Gasteiger partial charge on any atom is 0.179 e. The fraction of sp³-hybridized carbons (Fsp3) is 0.833. The summed E-state index contributed by atoms with van der Waals surface area (Å²) in [6.45, 7) is 1.75. The zero-order valence-electron chi connectivity index (χ0n) is 6.03. The van der Waals surface area contributed by atoms with Gasteiger partial charge >= 0.3 is 0 Å². The Hall–Kier alpha value is -0.610.